The molecule has 9 nitrogen and oxygen atoms in total. The summed E-state index contributed by atoms with van der Waals surface area (Å²) in [4.78, 5) is 13.9. The number of rotatable bonds is 4. The molecule has 2 aromatic carbocycles. The van der Waals surface area contributed by atoms with E-state index in [9.17, 15) is 8.42 Å². The third-order valence-electron chi connectivity index (χ3n) is 6.06. The molecule has 0 atom stereocenters. The third kappa shape index (κ3) is 3.34. The molecule has 0 saturated carbocycles. The number of benzene rings is 2. The van der Waals surface area contributed by atoms with Crippen molar-refractivity contribution < 1.29 is 8.42 Å². The predicted octanol–water partition coefficient (Wildman–Crippen LogP) is 2.83. The quantitative estimate of drug-likeness (QED) is 0.395. The Morgan fingerprint density at radius 3 is 2.24 bits per heavy atom. The average Bonchev–Trinajstić information content (AvgIpc) is 3.35. The minimum Gasteiger partial charge on any atom is -0.353 e. The Morgan fingerprint density at radius 2 is 1.47 bits per heavy atom. The SMILES string of the molecule is O=S(=O)(c1ccccc1)c1nnn2c1nc(N1CCN(c3ccccn3)CC1)c1ccccc12. The van der Waals surface area contributed by atoms with E-state index in [4.69, 9.17) is 4.98 Å². The maximum atomic E-state index is 13.3. The van der Waals surface area contributed by atoms with E-state index in [-0.39, 0.29) is 15.6 Å². The van der Waals surface area contributed by atoms with Crippen molar-refractivity contribution in [2.75, 3.05) is 36.0 Å². The van der Waals surface area contributed by atoms with Gasteiger partial charge in [-0.05, 0) is 36.4 Å². The highest BCUT2D eigenvalue weighted by Gasteiger charge is 2.28. The van der Waals surface area contributed by atoms with E-state index in [1.54, 1.807) is 36.5 Å². The van der Waals surface area contributed by atoms with Gasteiger partial charge in [0.25, 0.3) is 0 Å². The van der Waals surface area contributed by atoms with Crippen LogP contribution in [-0.4, -0.2) is 59.4 Å². The van der Waals surface area contributed by atoms with E-state index in [0.717, 1.165) is 48.7 Å². The molecule has 170 valence electrons. The van der Waals surface area contributed by atoms with Gasteiger partial charge >= 0.3 is 0 Å². The first kappa shape index (κ1) is 20.5. The summed E-state index contributed by atoms with van der Waals surface area (Å²) in [6.07, 6.45) is 1.80. The second-order valence-corrected chi connectivity index (χ2v) is 9.93. The number of sulfone groups is 1. The largest absolute Gasteiger partial charge is 0.353 e. The molecule has 5 aromatic rings. The minimum atomic E-state index is -3.88. The summed E-state index contributed by atoms with van der Waals surface area (Å²) in [5.41, 5.74) is 0.987. The molecule has 0 radical (unpaired) electrons. The molecule has 0 bridgehead atoms. The highest BCUT2D eigenvalue weighted by Crippen LogP contribution is 2.30. The topological polar surface area (TPSA) is 96.6 Å². The molecule has 0 unspecified atom stereocenters. The van der Waals surface area contributed by atoms with E-state index in [1.807, 2.05) is 42.5 Å². The molecule has 1 aliphatic rings. The van der Waals surface area contributed by atoms with E-state index in [2.05, 4.69) is 25.1 Å². The van der Waals surface area contributed by atoms with Gasteiger partial charge in [0.05, 0.1) is 10.4 Å². The molecule has 0 aliphatic carbocycles. The summed E-state index contributed by atoms with van der Waals surface area (Å²) in [7, 11) is -3.88. The third-order valence-corrected chi connectivity index (χ3v) is 7.73. The summed E-state index contributed by atoms with van der Waals surface area (Å²) in [5.74, 6) is 1.68. The fourth-order valence-corrected chi connectivity index (χ4v) is 5.60. The highest BCUT2D eigenvalue weighted by atomic mass is 32.2. The summed E-state index contributed by atoms with van der Waals surface area (Å²) < 4.78 is 28.2. The molecule has 1 aliphatic heterocycles. The number of para-hydroxylation sites is 1. The molecular weight excluding hydrogens is 450 g/mol. The Kier molecular flexibility index (Phi) is 4.88. The molecule has 0 amide bonds. The van der Waals surface area contributed by atoms with Crippen LogP contribution in [0.2, 0.25) is 0 Å². The van der Waals surface area contributed by atoms with Crippen molar-refractivity contribution in [3.63, 3.8) is 0 Å². The zero-order chi connectivity index (χ0) is 23.1. The number of anilines is 2. The Morgan fingerprint density at radius 1 is 0.765 bits per heavy atom. The fourth-order valence-electron chi connectivity index (χ4n) is 4.34. The lowest BCUT2D eigenvalue weighted by atomic mass is 10.2. The summed E-state index contributed by atoms with van der Waals surface area (Å²) in [5, 5.41) is 8.98. The van der Waals surface area contributed by atoms with Gasteiger partial charge in [-0.3, -0.25) is 0 Å². The van der Waals surface area contributed by atoms with Crippen LogP contribution in [0.5, 0.6) is 0 Å². The first-order chi connectivity index (χ1) is 16.6. The standard InChI is InChI=1S/C24H21N7O2S/c32-34(33,18-8-2-1-3-9-18)24-23-26-22(19-10-4-5-11-20(19)31(23)28-27-24)30-16-14-29(15-17-30)21-12-6-7-13-25-21/h1-13H,14-17H2. The first-order valence-corrected chi connectivity index (χ1v) is 12.5. The van der Waals surface area contributed by atoms with Crippen LogP contribution in [0.3, 0.4) is 0 Å². The van der Waals surface area contributed by atoms with Crippen molar-refractivity contribution in [3.8, 4) is 0 Å². The maximum absolute atomic E-state index is 13.3. The van der Waals surface area contributed by atoms with Gasteiger partial charge in [0.2, 0.25) is 14.9 Å². The van der Waals surface area contributed by atoms with Crippen LogP contribution < -0.4 is 9.80 Å². The molecule has 34 heavy (non-hydrogen) atoms. The Labute approximate surface area is 196 Å². The van der Waals surface area contributed by atoms with E-state index in [0.29, 0.717) is 0 Å². The van der Waals surface area contributed by atoms with Crippen molar-refractivity contribution in [3.05, 3.63) is 79.0 Å². The number of hydrogen-bond acceptors (Lipinski definition) is 8. The van der Waals surface area contributed by atoms with Crippen LogP contribution in [0.25, 0.3) is 16.6 Å². The zero-order valence-electron chi connectivity index (χ0n) is 18.2. The number of piperazine rings is 1. The van der Waals surface area contributed by atoms with E-state index >= 15 is 0 Å². The van der Waals surface area contributed by atoms with Crippen LogP contribution in [0.15, 0.2) is 88.9 Å². The first-order valence-electron chi connectivity index (χ1n) is 11.0. The maximum Gasteiger partial charge on any atom is 0.229 e. The number of pyridine rings is 1. The highest BCUT2D eigenvalue weighted by molar-refractivity contribution is 7.91. The molecule has 0 spiro atoms. The van der Waals surface area contributed by atoms with Gasteiger partial charge in [-0.25, -0.2) is 18.4 Å². The predicted molar refractivity (Wildman–Crippen MR) is 129 cm³/mol. The van der Waals surface area contributed by atoms with Crippen LogP contribution in [-0.2, 0) is 9.84 Å². The molecule has 1 saturated heterocycles. The molecule has 4 heterocycles. The van der Waals surface area contributed by atoms with E-state index in [1.165, 1.54) is 4.52 Å². The molecule has 0 N–H and O–H groups in total. The summed E-state index contributed by atoms with van der Waals surface area (Å²) in [6, 6.07) is 21.9. The van der Waals surface area contributed by atoms with Crippen molar-refractivity contribution >= 4 is 38.0 Å². The van der Waals surface area contributed by atoms with Crippen molar-refractivity contribution in [2.24, 2.45) is 0 Å². The van der Waals surface area contributed by atoms with Crippen LogP contribution >= 0.6 is 0 Å². The van der Waals surface area contributed by atoms with Crippen LogP contribution in [0.1, 0.15) is 0 Å². The lowest BCUT2D eigenvalue weighted by Gasteiger charge is -2.36. The van der Waals surface area contributed by atoms with Crippen molar-refractivity contribution in [2.45, 2.75) is 9.92 Å². The van der Waals surface area contributed by atoms with Gasteiger partial charge in [0.15, 0.2) is 5.65 Å². The Bertz CT molecular complexity index is 1580. The van der Waals surface area contributed by atoms with Crippen molar-refractivity contribution in [1.29, 1.82) is 0 Å². The molecule has 6 rings (SSSR count). The normalized spacial score (nSPS) is 14.7. The van der Waals surface area contributed by atoms with Crippen LogP contribution in [0.4, 0.5) is 11.6 Å². The molecule has 3 aromatic heterocycles. The Hall–Kier alpha value is -4.05. The second kappa shape index (κ2) is 8.07. The van der Waals surface area contributed by atoms with E-state index < -0.39 is 9.84 Å². The van der Waals surface area contributed by atoms with Gasteiger partial charge in [-0.2, -0.15) is 4.52 Å². The fraction of sp³-hybridized carbons (Fsp3) is 0.167. The molecule has 10 heteroatoms. The number of hydrogen-bond donors (Lipinski definition) is 0. The zero-order valence-corrected chi connectivity index (χ0v) is 19.0. The summed E-state index contributed by atoms with van der Waals surface area (Å²) in [6.45, 7) is 3.02. The number of aromatic nitrogens is 5. The smallest absolute Gasteiger partial charge is 0.229 e. The monoisotopic (exact) mass is 471 g/mol. The second-order valence-electron chi connectivity index (χ2n) is 8.06. The van der Waals surface area contributed by atoms with Gasteiger partial charge in [-0.15, -0.1) is 5.10 Å². The Balaban J connectivity index is 1.44. The molecular formula is C24H21N7O2S. The van der Waals surface area contributed by atoms with Crippen LogP contribution in [0, 0.1) is 0 Å². The van der Waals surface area contributed by atoms with Gasteiger partial charge in [0, 0.05) is 37.8 Å². The number of nitrogens with zero attached hydrogens (tertiary/aromatic N) is 7. The van der Waals surface area contributed by atoms with Gasteiger partial charge in [-0.1, -0.05) is 41.6 Å². The number of fused-ring (bicyclic) bond motifs is 3. The minimum absolute atomic E-state index is 0.141. The van der Waals surface area contributed by atoms with Gasteiger partial charge in [0.1, 0.15) is 11.6 Å². The summed E-state index contributed by atoms with van der Waals surface area (Å²) >= 11 is 0. The van der Waals surface area contributed by atoms with Crippen molar-refractivity contribution in [1.82, 2.24) is 24.8 Å². The molecule has 1 fully saturated rings. The lowest BCUT2D eigenvalue weighted by molar-refractivity contribution is 0.592. The van der Waals surface area contributed by atoms with Gasteiger partial charge < -0.3 is 9.80 Å². The average molecular weight is 472 g/mol. The lowest BCUT2D eigenvalue weighted by Crippen LogP contribution is -2.47.